The van der Waals surface area contributed by atoms with Crippen molar-refractivity contribution in [1.29, 1.82) is 0 Å². The molecule has 0 aromatic heterocycles. The van der Waals surface area contributed by atoms with Crippen molar-refractivity contribution >= 4 is 0 Å². The van der Waals surface area contributed by atoms with Gasteiger partial charge in [0.15, 0.2) is 0 Å². The summed E-state index contributed by atoms with van der Waals surface area (Å²) in [6, 6.07) is 18.0. The summed E-state index contributed by atoms with van der Waals surface area (Å²) >= 11 is 0. The van der Waals surface area contributed by atoms with Crippen molar-refractivity contribution < 1.29 is 0 Å². The maximum Gasteiger partial charge on any atom is 0.0463 e. The third kappa shape index (κ3) is 3.65. The van der Waals surface area contributed by atoms with E-state index in [0.717, 1.165) is 26.2 Å². The highest BCUT2D eigenvalue weighted by atomic mass is 14.9. The Hall–Kier alpha value is -1.64. The van der Waals surface area contributed by atoms with Gasteiger partial charge < -0.3 is 10.6 Å². The summed E-state index contributed by atoms with van der Waals surface area (Å²) in [7, 11) is 0. The molecular weight excluding hydrogens is 304 g/mol. The first kappa shape index (κ1) is 18.2. The molecule has 25 heavy (non-hydrogen) atoms. The van der Waals surface area contributed by atoms with Gasteiger partial charge in [-0.2, -0.15) is 0 Å². The second kappa shape index (κ2) is 8.64. The van der Waals surface area contributed by atoms with E-state index in [9.17, 15) is 0 Å². The van der Waals surface area contributed by atoms with Gasteiger partial charge in [0.05, 0.1) is 0 Å². The highest BCUT2D eigenvalue weighted by Crippen LogP contribution is 2.48. The van der Waals surface area contributed by atoms with Gasteiger partial charge in [0.25, 0.3) is 0 Å². The van der Waals surface area contributed by atoms with E-state index in [1.54, 1.807) is 0 Å². The van der Waals surface area contributed by atoms with Crippen LogP contribution < -0.4 is 10.6 Å². The van der Waals surface area contributed by atoms with E-state index in [1.807, 2.05) is 0 Å². The molecule has 0 aliphatic heterocycles. The van der Waals surface area contributed by atoms with Crippen LogP contribution in [-0.4, -0.2) is 26.2 Å². The minimum atomic E-state index is 0.0364. The fourth-order valence-electron chi connectivity index (χ4n) is 4.07. The molecule has 0 amide bonds. The molecule has 0 heterocycles. The molecule has 0 radical (unpaired) electrons. The normalized spacial score (nSPS) is 14.3. The van der Waals surface area contributed by atoms with Crippen LogP contribution in [0.1, 0.15) is 50.7 Å². The molecule has 0 saturated heterocycles. The molecule has 2 N–H and O–H groups in total. The lowest BCUT2D eigenvalue weighted by atomic mass is 9.77. The summed E-state index contributed by atoms with van der Waals surface area (Å²) in [5.41, 5.74) is 5.81. The van der Waals surface area contributed by atoms with E-state index in [1.165, 1.54) is 47.9 Å². The zero-order chi connectivity index (χ0) is 17.5. The maximum atomic E-state index is 3.75. The first-order chi connectivity index (χ1) is 12.3. The third-order valence-electron chi connectivity index (χ3n) is 5.44. The van der Waals surface area contributed by atoms with Crippen LogP contribution in [0.25, 0.3) is 11.1 Å². The SMILES string of the molecule is CCCCNCC1(CNCCCC)c2ccccc2-c2ccccc21. The average molecular weight is 337 g/mol. The Balaban J connectivity index is 1.94. The zero-order valence-corrected chi connectivity index (χ0v) is 15.8. The quantitative estimate of drug-likeness (QED) is 0.613. The Kier molecular flexibility index (Phi) is 6.28. The highest BCUT2D eigenvalue weighted by molar-refractivity contribution is 5.81. The lowest BCUT2D eigenvalue weighted by Crippen LogP contribution is -2.46. The molecule has 2 aromatic rings. The summed E-state index contributed by atoms with van der Waals surface area (Å²) in [5, 5.41) is 7.50. The van der Waals surface area contributed by atoms with Gasteiger partial charge in [0.2, 0.25) is 0 Å². The van der Waals surface area contributed by atoms with Crippen molar-refractivity contribution in [3.8, 4) is 11.1 Å². The second-order valence-electron chi connectivity index (χ2n) is 7.23. The summed E-state index contributed by atoms with van der Waals surface area (Å²) in [5.74, 6) is 0. The van der Waals surface area contributed by atoms with Gasteiger partial charge in [0.1, 0.15) is 0 Å². The second-order valence-corrected chi connectivity index (χ2v) is 7.23. The third-order valence-corrected chi connectivity index (χ3v) is 5.44. The van der Waals surface area contributed by atoms with Crippen LogP contribution in [0.4, 0.5) is 0 Å². The minimum absolute atomic E-state index is 0.0364. The number of nitrogens with one attached hydrogen (secondary N) is 2. The molecule has 0 fully saturated rings. The van der Waals surface area contributed by atoms with Crippen LogP contribution >= 0.6 is 0 Å². The smallest absolute Gasteiger partial charge is 0.0463 e. The van der Waals surface area contributed by atoms with Gasteiger partial charge in [0, 0.05) is 18.5 Å². The fraction of sp³-hybridized carbons (Fsp3) is 0.478. The zero-order valence-electron chi connectivity index (χ0n) is 15.8. The first-order valence-corrected chi connectivity index (χ1v) is 9.94. The van der Waals surface area contributed by atoms with Gasteiger partial charge in [-0.1, -0.05) is 75.2 Å². The van der Waals surface area contributed by atoms with Crippen molar-refractivity contribution in [1.82, 2.24) is 10.6 Å². The highest BCUT2D eigenvalue weighted by Gasteiger charge is 2.42. The van der Waals surface area contributed by atoms with Gasteiger partial charge in [-0.25, -0.2) is 0 Å². The number of fused-ring (bicyclic) bond motifs is 3. The standard InChI is InChI=1S/C23H32N2/c1-3-5-15-24-17-23(18-25-16-6-4-2)21-13-9-7-11-19(21)20-12-8-10-14-22(20)23/h7-14,24-25H,3-6,15-18H2,1-2H3. The minimum Gasteiger partial charge on any atom is -0.315 e. The molecule has 3 rings (SSSR count). The van der Waals surface area contributed by atoms with Crippen molar-refractivity contribution in [3.05, 3.63) is 59.7 Å². The molecule has 2 heteroatoms. The average Bonchev–Trinajstić information content (AvgIpc) is 2.94. The lowest BCUT2D eigenvalue weighted by molar-refractivity contribution is 0.433. The topological polar surface area (TPSA) is 24.1 Å². The Bertz CT molecular complexity index is 618. The summed E-state index contributed by atoms with van der Waals surface area (Å²) < 4.78 is 0. The summed E-state index contributed by atoms with van der Waals surface area (Å²) in [6.07, 6.45) is 4.95. The molecule has 1 aliphatic rings. The van der Waals surface area contributed by atoms with Gasteiger partial charge in [-0.15, -0.1) is 0 Å². The van der Waals surface area contributed by atoms with Crippen molar-refractivity contribution in [2.24, 2.45) is 0 Å². The van der Waals surface area contributed by atoms with E-state index in [4.69, 9.17) is 0 Å². The molecule has 0 spiro atoms. The molecule has 0 saturated carbocycles. The lowest BCUT2D eigenvalue weighted by Gasteiger charge is -2.33. The molecular formula is C23H32N2. The van der Waals surface area contributed by atoms with E-state index in [-0.39, 0.29) is 5.41 Å². The molecule has 2 aromatic carbocycles. The number of unbranched alkanes of at least 4 members (excludes halogenated alkanes) is 2. The largest absolute Gasteiger partial charge is 0.315 e. The Morgan fingerprint density at radius 2 is 1.12 bits per heavy atom. The fourth-order valence-corrected chi connectivity index (χ4v) is 4.07. The van der Waals surface area contributed by atoms with Gasteiger partial charge in [-0.05, 0) is 48.2 Å². The molecule has 1 aliphatic carbocycles. The molecule has 0 atom stereocenters. The van der Waals surface area contributed by atoms with E-state index in [0.29, 0.717) is 0 Å². The van der Waals surface area contributed by atoms with Gasteiger partial charge in [-0.3, -0.25) is 0 Å². The number of hydrogen-bond donors (Lipinski definition) is 2. The first-order valence-electron chi connectivity index (χ1n) is 9.94. The molecule has 0 bridgehead atoms. The van der Waals surface area contributed by atoms with Crippen LogP contribution in [0.3, 0.4) is 0 Å². The monoisotopic (exact) mass is 336 g/mol. The maximum absolute atomic E-state index is 3.75. The molecule has 0 unspecified atom stereocenters. The van der Waals surface area contributed by atoms with Crippen LogP contribution in [-0.2, 0) is 5.41 Å². The van der Waals surface area contributed by atoms with Gasteiger partial charge >= 0.3 is 0 Å². The van der Waals surface area contributed by atoms with E-state index < -0.39 is 0 Å². The van der Waals surface area contributed by atoms with Crippen LogP contribution in [0, 0.1) is 0 Å². The number of rotatable bonds is 10. The predicted octanol–water partition coefficient (Wildman–Crippen LogP) is 4.73. The van der Waals surface area contributed by atoms with Crippen molar-refractivity contribution in [2.45, 2.75) is 44.9 Å². The van der Waals surface area contributed by atoms with Crippen LogP contribution in [0.2, 0.25) is 0 Å². The summed E-state index contributed by atoms with van der Waals surface area (Å²) in [6.45, 7) is 8.70. The van der Waals surface area contributed by atoms with Crippen molar-refractivity contribution in [2.75, 3.05) is 26.2 Å². The Morgan fingerprint density at radius 3 is 1.56 bits per heavy atom. The van der Waals surface area contributed by atoms with Crippen LogP contribution in [0.15, 0.2) is 48.5 Å². The van der Waals surface area contributed by atoms with Crippen LogP contribution in [0.5, 0.6) is 0 Å². The Morgan fingerprint density at radius 1 is 0.680 bits per heavy atom. The summed E-state index contributed by atoms with van der Waals surface area (Å²) in [4.78, 5) is 0. The predicted molar refractivity (Wildman–Crippen MR) is 108 cm³/mol. The molecule has 2 nitrogen and oxygen atoms in total. The Labute approximate surface area is 153 Å². The number of benzene rings is 2. The van der Waals surface area contributed by atoms with E-state index in [2.05, 4.69) is 73.0 Å². The molecule has 134 valence electrons. The number of hydrogen-bond acceptors (Lipinski definition) is 2. The van der Waals surface area contributed by atoms with E-state index >= 15 is 0 Å². The van der Waals surface area contributed by atoms with Crippen molar-refractivity contribution in [3.63, 3.8) is 0 Å².